The summed E-state index contributed by atoms with van der Waals surface area (Å²) in [5.74, 6) is -1.29. The summed E-state index contributed by atoms with van der Waals surface area (Å²) in [6.07, 6.45) is 1.55. The van der Waals surface area contributed by atoms with Crippen LogP contribution in [0.5, 0.6) is 0 Å². The number of likely N-dealkylation sites (tertiary alicyclic amines) is 1. The quantitative estimate of drug-likeness (QED) is 0.881. The molecule has 6 nitrogen and oxygen atoms in total. The van der Waals surface area contributed by atoms with Crippen LogP contribution in [0, 0.1) is 5.82 Å². The van der Waals surface area contributed by atoms with Crippen molar-refractivity contribution in [3.8, 4) is 0 Å². The Labute approximate surface area is 125 Å². The van der Waals surface area contributed by atoms with Gasteiger partial charge in [0.25, 0.3) is 0 Å². The van der Waals surface area contributed by atoms with Crippen LogP contribution in [-0.2, 0) is 4.74 Å². The molecule has 2 N–H and O–H groups in total. The predicted molar refractivity (Wildman–Crippen MR) is 75.8 cm³/mol. The molecule has 1 aromatic heterocycles. The zero-order chi connectivity index (χ0) is 15.7. The molecule has 0 saturated carbocycles. The molecule has 22 heavy (non-hydrogen) atoms. The highest BCUT2D eigenvalue weighted by Crippen LogP contribution is 2.23. The van der Waals surface area contributed by atoms with Crippen molar-refractivity contribution in [2.24, 2.45) is 5.73 Å². The molecule has 3 rings (SSSR count). The Kier molecular flexibility index (Phi) is 3.70. The molecular weight excluding hydrogens is 291 g/mol. The van der Waals surface area contributed by atoms with E-state index in [0.29, 0.717) is 11.9 Å². The van der Waals surface area contributed by atoms with Crippen LogP contribution < -0.4 is 5.73 Å². The second-order valence-corrected chi connectivity index (χ2v) is 5.19. The third-order valence-corrected chi connectivity index (χ3v) is 3.76. The van der Waals surface area contributed by atoms with E-state index in [1.165, 1.54) is 23.1 Å². The molecule has 0 unspecified atom stereocenters. The van der Waals surface area contributed by atoms with Gasteiger partial charge in [-0.2, -0.15) is 0 Å². The molecule has 1 fully saturated rings. The summed E-state index contributed by atoms with van der Waals surface area (Å²) in [5.41, 5.74) is 5.28. The number of primary amides is 1. The second-order valence-electron chi connectivity index (χ2n) is 5.19. The fourth-order valence-electron chi connectivity index (χ4n) is 2.67. The molecule has 1 aliphatic heterocycles. The number of nitrogens with two attached hydrogens (primary N) is 1. The number of carbonyl (C=O) groups is 2. The van der Waals surface area contributed by atoms with E-state index in [4.69, 9.17) is 14.9 Å². The number of esters is 1. The number of ether oxygens (including phenoxy) is 1. The first-order valence-electron chi connectivity index (χ1n) is 6.97. The number of carbonyl (C=O) groups excluding carboxylic acids is 2. The van der Waals surface area contributed by atoms with Crippen molar-refractivity contribution in [1.82, 2.24) is 4.90 Å². The zero-order valence-electron chi connectivity index (χ0n) is 11.8. The lowest BCUT2D eigenvalue weighted by atomic mass is 10.2. The second kappa shape index (κ2) is 5.67. The lowest BCUT2D eigenvalue weighted by Crippen LogP contribution is -2.41. The molecule has 0 radical (unpaired) electrons. The molecule has 1 saturated heterocycles. The van der Waals surface area contributed by atoms with Crippen LogP contribution in [0.25, 0.3) is 11.0 Å². The van der Waals surface area contributed by atoms with E-state index >= 15 is 0 Å². The summed E-state index contributed by atoms with van der Waals surface area (Å²) in [5, 5.41) is 0.492. The first kappa shape index (κ1) is 14.4. The van der Waals surface area contributed by atoms with Gasteiger partial charge in [0.1, 0.15) is 6.61 Å². The lowest BCUT2D eigenvalue weighted by Gasteiger charge is -2.21. The fourth-order valence-corrected chi connectivity index (χ4v) is 2.67. The molecule has 7 heteroatoms. The molecule has 0 bridgehead atoms. The molecule has 0 aliphatic carbocycles. The highest BCUT2D eigenvalue weighted by atomic mass is 19.1. The van der Waals surface area contributed by atoms with Crippen LogP contribution in [0.3, 0.4) is 0 Å². The average molecular weight is 306 g/mol. The first-order valence-corrected chi connectivity index (χ1v) is 6.97. The smallest absolute Gasteiger partial charge is 0.374 e. The van der Waals surface area contributed by atoms with E-state index in [0.717, 1.165) is 12.8 Å². The molecule has 2 heterocycles. The monoisotopic (exact) mass is 306 g/mol. The van der Waals surface area contributed by atoms with Crippen molar-refractivity contribution in [3.05, 3.63) is 35.8 Å². The summed E-state index contributed by atoms with van der Waals surface area (Å²) in [6, 6.07) is 5.12. The Hall–Kier alpha value is -2.57. The van der Waals surface area contributed by atoms with Gasteiger partial charge in [-0.15, -0.1) is 0 Å². The minimum Gasteiger partial charge on any atom is -0.458 e. The maximum absolute atomic E-state index is 13.5. The number of urea groups is 1. The summed E-state index contributed by atoms with van der Waals surface area (Å²) < 4.78 is 23.9. The van der Waals surface area contributed by atoms with Crippen molar-refractivity contribution in [2.75, 3.05) is 13.2 Å². The molecule has 0 spiro atoms. The first-order chi connectivity index (χ1) is 10.6. The molecule has 116 valence electrons. The van der Waals surface area contributed by atoms with E-state index in [-0.39, 0.29) is 24.0 Å². The van der Waals surface area contributed by atoms with Gasteiger partial charge >= 0.3 is 12.0 Å². The number of hydrogen-bond donors (Lipinski definition) is 1. The van der Waals surface area contributed by atoms with Crippen LogP contribution in [0.4, 0.5) is 9.18 Å². The molecule has 2 aromatic rings. The number of nitrogens with zero attached hydrogens (tertiary/aromatic N) is 1. The number of hydrogen-bond acceptors (Lipinski definition) is 4. The van der Waals surface area contributed by atoms with Gasteiger partial charge in [0.2, 0.25) is 5.76 Å². The fraction of sp³-hybridized carbons (Fsp3) is 0.333. The third-order valence-electron chi connectivity index (χ3n) is 3.76. The number of amides is 2. The van der Waals surface area contributed by atoms with E-state index in [1.807, 2.05) is 0 Å². The number of halogens is 1. The van der Waals surface area contributed by atoms with E-state index in [2.05, 4.69) is 0 Å². The minimum atomic E-state index is -0.688. The van der Waals surface area contributed by atoms with Crippen molar-refractivity contribution in [2.45, 2.75) is 18.9 Å². The third kappa shape index (κ3) is 2.61. The predicted octanol–water partition coefficient (Wildman–Crippen LogP) is 2.27. The lowest BCUT2D eigenvalue weighted by molar-refractivity contribution is 0.0389. The zero-order valence-corrected chi connectivity index (χ0v) is 11.8. The molecule has 2 amide bonds. The molecule has 1 aliphatic rings. The van der Waals surface area contributed by atoms with Gasteiger partial charge < -0.3 is 19.8 Å². The van der Waals surface area contributed by atoms with Crippen LogP contribution in [0.15, 0.2) is 28.7 Å². The highest BCUT2D eigenvalue weighted by Gasteiger charge is 2.28. The van der Waals surface area contributed by atoms with Crippen LogP contribution in [0.1, 0.15) is 23.4 Å². The minimum absolute atomic E-state index is 0.0223. The molecular formula is C15H15FN2O4. The number of rotatable bonds is 3. The normalized spacial score (nSPS) is 17.9. The van der Waals surface area contributed by atoms with E-state index < -0.39 is 17.8 Å². The van der Waals surface area contributed by atoms with Crippen LogP contribution in [-0.4, -0.2) is 36.1 Å². The topological polar surface area (TPSA) is 85.8 Å². The summed E-state index contributed by atoms with van der Waals surface area (Å²) in [7, 11) is 0. The Bertz CT molecular complexity index is 727. The van der Waals surface area contributed by atoms with E-state index in [1.54, 1.807) is 6.07 Å². The van der Waals surface area contributed by atoms with Crippen LogP contribution in [0.2, 0.25) is 0 Å². The average Bonchev–Trinajstić information content (AvgIpc) is 3.12. The van der Waals surface area contributed by atoms with Gasteiger partial charge in [0.15, 0.2) is 11.4 Å². The SMILES string of the molecule is NC(=O)N1CCC[C@H]1COC(=O)c1cc2cccc(F)c2o1. The Balaban J connectivity index is 1.68. The number of para-hydroxylation sites is 1. The number of furan rings is 1. The standard InChI is InChI=1S/C15H15FN2O4/c16-11-5-1-3-9-7-12(22-13(9)11)14(19)21-8-10-4-2-6-18(10)15(17)20/h1,3,5,7,10H,2,4,6,8H2,(H2,17,20)/t10-/m0/s1. The molecule has 1 aromatic carbocycles. The van der Waals surface area contributed by atoms with Gasteiger partial charge in [-0.25, -0.2) is 14.0 Å². The maximum atomic E-state index is 13.5. The van der Waals surface area contributed by atoms with Gasteiger partial charge in [-0.3, -0.25) is 0 Å². The van der Waals surface area contributed by atoms with Crippen molar-refractivity contribution < 1.29 is 23.1 Å². The van der Waals surface area contributed by atoms with Crippen molar-refractivity contribution in [1.29, 1.82) is 0 Å². The van der Waals surface area contributed by atoms with Crippen molar-refractivity contribution >= 4 is 23.0 Å². The van der Waals surface area contributed by atoms with Gasteiger partial charge in [-0.05, 0) is 25.0 Å². The number of benzene rings is 1. The maximum Gasteiger partial charge on any atom is 0.374 e. The summed E-state index contributed by atoms with van der Waals surface area (Å²) in [6.45, 7) is 0.606. The van der Waals surface area contributed by atoms with Crippen molar-refractivity contribution in [3.63, 3.8) is 0 Å². The molecule has 1 atom stereocenters. The van der Waals surface area contributed by atoms with E-state index in [9.17, 15) is 14.0 Å². The van der Waals surface area contributed by atoms with Gasteiger partial charge in [0.05, 0.1) is 6.04 Å². The van der Waals surface area contributed by atoms with Gasteiger partial charge in [0, 0.05) is 11.9 Å². The highest BCUT2D eigenvalue weighted by molar-refractivity contribution is 5.92. The Morgan fingerprint density at radius 3 is 3.00 bits per heavy atom. The van der Waals surface area contributed by atoms with Gasteiger partial charge in [-0.1, -0.05) is 12.1 Å². The largest absolute Gasteiger partial charge is 0.458 e. The summed E-state index contributed by atoms with van der Waals surface area (Å²) >= 11 is 0. The Morgan fingerprint density at radius 1 is 1.45 bits per heavy atom. The van der Waals surface area contributed by atoms with Crippen LogP contribution >= 0.6 is 0 Å². The number of fused-ring (bicyclic) bond motifs is 1. The summed E-state index contributed by atoms with van der Waals surface area (Å²) in [4.78, 5) is 24.7. The Morgan fingerprint density at radius 2 is 2.27 bits per heavy atom.